The average molecular weight is 194 g/mol. The molecule has 4 nitrogen and oxygen atoms in total. The summed E-state index contributed by atoms with van der Waals surface area (Å²) in [5, 5.41) is 0. The molecule has 1 heterocycles. The topological polar surface area (TPSA) is 68.1 Å². The lowest BCUT2D eigenvalue weighted by Crippen LogP contribution is -2.21. The van der Waals surface area contributed by atoms with Crippen molar-refractivity contribution in [3.8, 4) is 5.88 Å². The van der Waals surface area contributed by atoms with Crippen molar-refractivity contribution in [2.45, 2.75) is 6.36 Å². The normalized spacial score (nSPS) is 11.3. The lowest BCUT2D eigenvalue weighted by atomic mass is 10.4. The second-order valence-corrected chi connectivity index (χ2v) is 2.15. The van der Waals surface area contributed by atoms with E-state index in [1.807, 2.05) is 4.98 Å². The molecule has 0 fully saturated rings. The number of nitrogens with two attached hydrogens (primary N) is 1. The quantitative estimate of drug-likeness (QED) is 0.696. The summed E-state index contributed by atoms with van der Waals surface area (Å²) in [6.07, 6.45) is -4.86. The van der Waals surface area contributed by atoms with Gasteiger partial charge in [-0.05, 0) is 6.07 Å². The molecule has 0 aliphatic rings. The van der Waals surface area contributed by atoms with Crippen LogP contribution in [0.4, 0.5) is 18.9 Å². The Morgan fingerprint density at radius 1 is 1.38 bits per heavy atom. The van der Waals surface area contributed by atoms with E-state index in [1.54, 1.807) is 0 Å². The number of hydrogen-bond donors (Lipinski definition) is 2. The molecular weight excluding hydrogens is 189 g/mol. The Kier molecular flexibility index (Phi) is 2.18. The summed E-state index contributed by atoms with van der Waals surface area (Å²) in [4.78, 5) is 12.4. The molecule has 0 spiro atoms. The smallest absolute Gasteiger partial charge is 0.394 e. The third kappa shape index (κ3) is 2.69. The van der Waals surface area contributed by atoms with E-state index in [-0.39, 0.29) is 5.69 Å². The highest BCUT2D eigenvalue weighted by molar-refractivity contribution is 5.46. The van der Waals surface area contributed by atoms with Gasteiger partial charge in [0.25, 0.3) is 5.56 Å². The summed E-state index contributed by atoms with van der Waals surface area (Å²) in [5.74, 6) is -0.792. The van der Waals surface area contributed by atoms with Gasteiger partial charge in [0, 0.05) is 6.07 Å². The molecule has 0 radical (unpaired) electrons. The van der Waals surface area contributed by atoms with Crippen LogP contribution in [0.15, 0.2) is 16.9 Å². The first-order chi connectivity index (χ1) is 5.88. The Morgan fingerprint density at radius 2 is 2.00 bits per heavy atom. The number of hydrogen-bond acceptors (Lipinski definition) is 3. The minimum atomic E-state index is -4.86. The van der Waals surface area contributed by atoms with E-state index in [1.165, 1.54) is 0 Å². The van der Waals surface area contributed by atoms with Crippen molar-refractivity contribution in [3.05, 3.63) is 22.5 Å². The molecule has 0 aliphatic heterocycles. The number of H-pyrrole nitrogens is 1. The molecule has 0 saturated heterocycles. The first kappa shape index (κ1) is 9.43. The first-order valence-electron chi connectivity index (χ1n) is 3.13. The molecule has 0 amide bonds. The Balaban J connectivity index is 3.01. The Bertz CT molecular complexity index is 358. The third-order valence-electron chi connectivity index (χ3n) is 1.13. The number of aromatic nitrogens is 1. The maximum Gasteiger partial charge on any atom is 0.574 e. The molecule has 1 aromatic rings. The summed E-state index contributed by atoms with van der Waals surface area (Å²) in [7, 11) is 0. The van der Waals surface area contributed by atoms with Crippen molar-refractivity contribution < 1.29 is 17.9 Å². The van der Waals surface area contributed by atoms with Crippen LogP contribution in [0.25, 0.3) is 0 Å². The molecule has 13 heavy (non-hydrogen) atoms. The third-order valence-corrected chi connectivity index (χ3v) is 1.13. The number of halogens is 3. The second-order valence-electron chi connectivity index (χ2n) is 2.15. The molecule has 3 N–H and O–H groups in total. The van der Waals surface area contributed by atoms with E-state index < -0.39 is 17.8 Å². The second kappa shape index (κ2) is 3.00. The average Bonchev–Trinajstić information content (AvgIpc) is 1.94. The van der Waals surface area contributed by atoms with Crippen LogP contribution in [-0.2, 0) is 0 Å². The standard InChI is InChI=1S/C6H5F3N2O2/c7-6(8,9)13-5-3(10)1-2-4(12)11-5/h1-2H,10H2,(H,11,12). The Labute approximate surface area is 70.1 Å². The van der Waals surface area contributed by atoms with Crippen molar-refractivity contribution in [3.63, 3.8) is 0 Å². The van der Waals surface area contributed by atoms with Crippen LogP contribution in [0.1, 0.15) is 0 Å². The lowest BCUT2D eigenvalue weighted by molar-refractivity contribution is -0.275. The largest absolute Gasteiger partial charge is 0.574 e. The highest BCUT2D eigenvalue weighted by Gasteiger charge is 2.32. The molecule has 0 bridgehead atoms. The highest BCUT2D eigenvalue weighted by Crippen LogP contribution is 2.23. The van der Waals surface area contributed by atoms with E-state index in [0.29, 0.717) is 0 Å². The molecular formula is C6H5F3N2O2. The SMILES string of the molecule is Nc1ccc(=O)[nH]c1OC(F)(F)F. The number of pyridine rings is 1. The lowest BCUT2D eigenvalue weighted by Gasteiger charge is -2.09. The van der Waals surface area contributed by atoms with Crippen molar-refractivity contribution in [1.29, 1.82) is 0 Å². The Morgan fingerprint density at radius 3 is 2.54 bits per heavy atom. The fourth-order valence-electron chi connectivity index (χ4n) is 0.667. The minimum absolute atomic E-state index is 0.281. The van der Waals surface area contributed by atoms with E-state index in [0.717, 1.165) is 12.1 Å². The maximum absolute atomic E-state index is 11.7. The molecule has 7 heteroatoms. The number of alkyl halides is 3. The molecule has 0 saturated carbocycles. The van der Waals surface area contributed by atoms with Crippen molar-refractivity contribution >= 4 is 5.69 Å². The number of aromatic amines is 1. The Hall–Kier alpha value is -1.66. The molecule has 72 valence electrons. The van der Waals surface area contributed by atoms with Crippen LogP contribution < -0.4 is 16.0 Å². The van der Waals surface area contributed by atoms with Crippen molar-refractivity contribution in [1.82, 2.24) is 4.98 Å². The summed E-state index contributed by atoms with van der Waals surface area (Å²) >= 11 is 0. The van der Waals surface area contributed by atoms with E-state index in [2.05, 4.69) is 4.74 Å². The zero-order valence-electron chi connectivity index (χ0n) is 6.18. The maximum atomic E-state index is 11.7. The molecule has 0 aromatic carbocycles. The first-order valence-corrected chi connectivity index (χ1v) is 3.13. The van der Waals surface area contributed by atoms with Crippen LogP contribution in [0.2, 0.25) is 0 Å². The van der Waals surface area contributed by atoms with Gasteiger partial charge in [-0.3, -0.25) is 9.78 Å². The van der Waals surface area contributed by atoms with Crippen LogP contribution in [0.3, 0.4) is 0 Å². The molecule has 0 aliphatic carbocycles. The molecule has 1 rings (SSSR count). The number of nitrogen functional groups attached to an aromatic ring is 1. The van der Waals surface area contributed by atoms with Gasteiger partial charge in [-0.2, -0.15) is 0 Å². The highest BCUT2D eigenvalue weighted by atomic mass is 19.4. The summed E-state index contributed by atoms with van der Waals surface area (Å²) in [6.45, 7) is 0. The summed E-state index contributed by atoms with van der Waals surface area (Å²) in [6, 6.07) is 2.03. The van der Waals surface area contributed by atoms with Crippen molar-refractivity contribution in [2.75, 3.05) is 5.73 Å². The number of anilines is 1. The van der Waals surface area contributed by atoms with Crippen LogP contribution in [-0.4, -0.2) is 11.3 Å². The van der Waals surface area contributed by atoms with E-state index >= 15 is 0 Å². The van der Waals surface area contributed by atoms with Gasteiger partial charge in [-0.15, -0.1) is 13.2 Å². The van der Waals surface area contributed by atoms with Gasteiger partial charge in [-0.1, -0.05) is 0 Å². The number of rotatable bonds is 1. The molecule has 1 aromatic heterocycles. The van der Waals surface area contributed by atoms with Gasteiger partial charge in [0.15, 0.2) is 0 Å². The molecule has 0 atom stereocenters. The summed E-state index contributed by atoms with van der Waals surface area (Å²) in [5.41, 5.74) is 4.11. The van der Waals surface area contributed by atoms with Gasteiger partial charge in [0.05, 0.1) is 5.69 Å². The van der Waals surface area contributed by atoms with Crippen LogP contribution in [0.5, 0.6) is 5.88 Å². The minimum Gasteiger partial charge on any atom is -0.394 e. The van der Waals surface area contributed by atoms with E-state index in [9.17, 15) is 18.0 Å². The van der Waals surface area contributed by atoms with Crippen molar-refractivity contribution in [2.24, 2.45) is 0 Å². The van der Waals surface area contributed by atoms with Crippen LogP contribution in [0, 0.1) is 0 Å². The van der Waals surface area contributed by atoms with Crippen LogP contribution >= 0.6 is 0 Å². The fraction of sp³-hybridized carbons (Fsp3) is 0.167. The van der Waals surface area contributed by atoms with Gasteiger partial charge in [-0.25, -0.2) is 0 Å². The molecule has 0 unspecified atom stereocenters. The van der Waals surface area contributed by atoms with Gasteiger partial charge >= 0.3 is 6.36 Å². The monoisotopic (exact) mass is 194 g/mol. The van der Waals surface area contributed by atoms with Gasteiger partial charge in [0.1, 0.15) is 0 Å². The van der Waals surface area contributed by atoms with Gasteiger partial charge < -0.3 is 10.5 Å². The predicted molar refractivity (Wildman–Crippen MR) is 38.2 cm³/mol. The fourth-order valence-corrected chi connectivity index (χ4v) is 0.667. The predicted octanol–water partition coefficient (Wildman–Crippen LogP) is 0.856. The summed E-state index contributed by atoms with van der Waals surface area (Å²) < 4.78 is 38.4. The zero-order chi connectivity index (χ0) is 10.1. The van der Waals surface area contributed by atoms with E-state index in [4.69, 9.17) is 5.73 Å². The zero-order valence-corrected chi connectivity index (χ0v) is 6.18. The van der Waals surface area contributed by atoms with Gasteiger partial charge in [0.2, 0.25) is 5.88 Å². The number of ether oxygens (including phenoxy) is 1. The number of nitrogens with one attached hydrogen (secondary N) is 1.